The van der Waals surface area contributed by atoms with E-state index in [0.29, 0.717) is 5.92 Å². The predicted octanol–water partition coefficient (Wildman–Crippen LogP) is 3.23. The zero-order valence-electron chi connectivity index (χ0n) is 11.2. The lowest BCUT2D eigenvalue weighted by Gasteiger charge is -2.32. The second kappa shape index (κ2) is 5.80. The van der Waals surface area contributed by atoms with Gasteiger partial charge in [-0.1, -0.05) is 0 Å². The number of likely N-dealkylation sites (tertiary alicyclic amines) is 1. The molecule has 0 bridgehead atoms. The molecule has 1 atom stereocenters. The third kappa shape index (κ3) is 3.01. The lowest BCUT2D eigenvalue weighted by atomic mass is 9.95. The van der Waals surface area contributed by atoms with Crippen LogP contribution in [0.15, 0.2) is 30.0 Å². The van der Waals surface area contributed by atoms with E-state index in [-0.39, 0.29) is 0 Å². The van der Waals surface area contributed by atoms with Crippen LogP contribution in [0, 0.1) is 6.92 Å². The van der Waals surface area contributed by atoms with Crippen molar-refractivity contribution in [3.05, 3.63) is 46.2 Å². The van der Waals surface area contributed by atoms with E-state index >= 15 is 0 Å². The summed E-state index contributed by atoms with van der Waals surface area (Å²) in [5.74, 6) is 0.544. The van der Waals surface area contributed by atoms with Crippen molar-refractivity contribution in [2.45, 2.75) is 32.2 Å². The molecule has 3 heterocycles. The molecule has 3 nitrogen and oxygen atoms in total. The van der Waals surface area contributed by atoms with Crippen molar-refractivity contribution >= 4 is 11.3 Å². The Hall–Kier alpha value is -1.26. The molecule has 100 valence electrons. The van der Waals surface area contributed by atoms with Gasteiger partial charge in [0.05, 0.1) is 5.69 Å². The van der Waals surface area contributed by atoms with Crippen molar-refractivity contribution in [1.29, 1.82) is 0 Å². The molecule has 1 aliphatic rings. The zero-order valence-corrected chi connectivity index (χ0v) is 12.1. The molecule has 2 aromatic rings. The SMILES string of the molecule is Cc1ccsc1CN1CCC[C@@H](c2cnccn2)C1. The van der Waals surface area contributed by atoms with Gasteiger partial charge in [-0.25, -0.2) is 0 Å². The van der Waals surface area contributed by atoms with E-state index in [1.54, 1.807) is 12.4 Å². The van der Waals surface area contributed by atoms with Crippen LogP contribution in [-0.2, 0) is 6.54 Å². The van der Waals surface area contributed by atoms with Crippen LogP contribution in [0.4, 0.5) is 0 Å². The third-order valence-electron chi connectivity index (χ3n) is 3.84. The molecule has 0 spiro atoms. The Kier molecular flexibility index (Phi) is 3.89. The van der Waals surface area contributed by atoms with Gasteiger partial charge in [-0.2, -0.15) is 0 Å². The van der Waals surface area contributed by atoms with E-state index in [9.17, 15) is 0 Å². The molecule has 4 heteroatoms. The smallest absolute Gasteiger partial charge is 0.0630 e. The van der Waals surface area contributed by atoms with E-state index in [4.69, 9.17) is 0 Å². The number of aryl methyl sites for hydroxylation is 1. The fourth-order valence-corrected chi connectivity index (χ4v) is 3.68. The van der Waals surface area contributed by atoms with E-state index in [0.717, 1.165) is 18.8 Å². The molecule has 2 aromatic heterocycles. The molecule has 19 heavy (non-hydrogen) atoms. The molecule has 0 amide bonds. The van der Waals surface area contributed by atoms with Gasteiger partial charge in [0.25, 0.3) is 0 Å². The van der Waals surface area contributed by atoms with Gasteiger partial charge in [0.15, 0.2) is 0 Å². The first-order chi connectivity index (χ1) is 9.33. The van der Waals surface area contributed by atoms with Crippen LogP contribution >= 0.6 is 11.3 Å². The Bertz CT molecular complexity index is 523. The van der Waals surface area contributed by atoms with Crippen molar-refractivity contribution < 1.29 is 0 Å². The summed E-state index contributed by atoms with van der Waals surface area (Å²) in [7, 11) is 0. The molecule has 0 aliphatic carbocycles. The van der Waals surface area contributed by atoms with Gasteiger partial charge >= 0.3 is 0 Å². The molecule has 0 unspecified atom stereocenters. The van der Waals surface area contributed by atoms with Crippen molar-refractivity contribution in [3.63, 3.8) is 0 Å². The Morgan fingerprint density at radius 2 is 2.37 bits per heavy atom. The first kappa shape index (κ1) is 12.8. The summed E-state index contributed by atoms with van der Waals surface area (Å²) >= 11 is 1.87. The van der Waals surface area contributed by atoms with Gasteiger partial charge in [-0.3, -0.25) is 14.9 Å². The fraction of sp³-hybridized carbons (Fsp3) is 0.467. The van der Waals surface area contributed by atoms with Gasteiger partial charge in [-0.05, 0) is 43.3 Å². The first-order valence-electron chi connectivity index (χ1n) is 6.84. The summed E-state index contributed by atoms with van der Waals surface area (Å²) in [6, 6.07) is 2.21. The Morgan fingerprint density at radius 1 is 1.42 bits per heavy atom. The second-order valence-electron chi connectivity index (χ2n) is 5.23. The molecular weight excluding hydrogens is 254 g/mol. The van der Waals surface area contributed by atoms with E-state index in [2.05, 4.69) is 33.2 Å². The number of hydrogen-bond acceptors (Lipinski definition) is 4. The highest BCUT2D eigenvalue weighted by atomic mass is 32.1. The second-order valence-corrected chi connectivity index (χ2v) is 6.23. The van der Waals surface area contributed by atoms with E-state index in [1.165, 1.54) is 29.8 Å². The Labute approximate surface area is 118 Å². The molecule has 0 saturated carbocycles. The van der Waals surface area contributed by atoms with Crippen LogP contribution in [-0.4, -0.2) is 28.0 Å². The minimum atomic E-state index is 0.544. The highest BCUT2D eigenvalue weighted by Gasteiger charge is 2.22. The van der Waals surface area contributed by atoms with Gasteiger partial charge < -0.3 is 0 Å². The van der Waals surface area contributed by atoms with E-state index < -0.39 is 0 Å². The van der Waals surface area contributed by atoms with Crippen LogP contribution in [0.3, 0.4) is 0 Å². The maximum atomic E-state index is 4.46. The largest absolute Gasteiger partial charge is 0.298 e. The van der Waals surface area contributed by atoms with E-state index in [1.807, 2.05) is 17.5 Å². The Morgan fingerprint density at radius 3 is 3.11 bits per heavy atom. The highest BCUT2D eigenvalue weighted by molar-refractivity contribution is 7.10. The highest BCUT2D eigenvalue weighted by Crippen LogP contribution is 2.27. The minimum Gasteiger partial charge on any atom is -0.298 e. The molecule has 1 fully saturated rings. The van der Waals surface area contributed by atoms with Crippen LogP contribution < -0.4 is 0 Å². The maximum absolute atomic E-state index is 4.46. The summed E-state index contributed by atoms with van der Waals surface area (Å²) in [4.78, 5) is 12.7. The van der Waals surface area contributed by atoms with Crippen molar-refractivity contribution in [2.75, 3.05) is 13.1 Å². The molecule has 1 aliphatic heterocycles. The zero-order chi connectivity index (χ0) is 13.1. The average Bonchev–Trinajstić information content (AvgIpc) is 2.86. The molecule has 3 rings (SSSR count). The first-order valence-corrected chi connectivity index (χ1v) is 7.72. The summed E-state index contributed by atoms with van der Waals surface area (Å²) < 4.78 is 0. The number of nitrogens with zero attached hydrogens (tertiary/aromatic N) is 3. The van der Waals surface area contributed by atoms with Crippen LogP contribution in [0.1, 0.15) is 34.9 Å². The topological polar surface area (TPSA) is 29.0 Å². The molecule has 1 saturated heterocycles. The molecule has 0 N–H and O–H groups in total. The van der Waals surface area contributed by atoms with Crippen LogP contribution in [0.25, 0.3) is 0 Å². The lowest BCUT2D eigenvalue weighted by Crippen LogP contribution is -2.34. The minimum absolute atomic E-state index is 0.544. The van der Waals surface area contributed by atoms with Crippen LogP contribution in [0.5, 0.6) is 0 Å². The Balaban J connectivity index is 1.67. The number of hydrogen-bond donors (Lipinski definition) is 0. The van der Waals surface area contributed by atoms with Gasteiger partial charge in [0, 0.05) is 42.5 Å². The number of aromatic nitrogens is 2. The summed E-state index contributed by atoms with van der Waals surface area (Å²) in [5.41, 5.74) is 2.57. The van der Waals surface area contributed by atoms with Crippen molar-refractivity contribution in [3.8, 4) is 0 Å². The van der Waals surface area contributed by atoms with Gasteiger partial charge in [0.1, 0.15) is 0 Å². The average molecular weight is 273 g/mol. The van der Waals surface area contributed by atoms with Crippen molar-refractivity contribution in [2.24, 2.45) is 0 Å². The number of thiophene rings is 1. The normalized spacial score (nSPS) is 20.6. The molecule has 0 radical (unpaired) electrons. The standard InChI is InChI=1S/C15H19N3S/c1-12-4-8-19-15(12)11-18-7-2-3-13(10-18)14-9-16-5-6-17-14/h4-6,8-9,13H,2-3,7,10-11H2,1H3/t13-/m1/s1. The van der Waals surface area contributed by atoms with Crippen molar-refractivity contribution in [1.82, 2.24) is 14.9 Å². The third-order valence-corrected chi connectivity index (χ3v) is 4.85. The lowest BCUT2D eigenvalue weighted by molar-refractivity contribution is 0.199. The fourth-order valence-electron chi connectivity index (χ4n) is 2.73. The monoisotopic (exact) mass is 273 g/mol. The summed E-state index contributed by atoms with van der Waals surface area (Å²) in [5, 5.41) is 2.19. The summed E-state index contributed by atoms with van der Waals surface area (Å²) in [6.07, 6.45) is 7.96. The van der Waals surface area contributed by atoms with Crippen LogP contribution in [0.2, 0.25) is 0 Å². The van der Waals surface area contributed by atoms with Gasteiger partial charge in [-0.15, -0.1) is 11.3 Å². The number of piperidine rings is 1. The maximum Gasteiger partial charge on any atom is 0.0630 e. The quantitative estimate of drug-likeness (QED) is 0.859. The predicted molar refractivity (Wildman–Crippen MR) is 78.3 cm³/mol. The van der Waals surface area contributed by atoms with Gasteiger partial charge in [0.2, 0.25) is 0 Å². The molecular formula is C15H19N3S. The molecule has 0 aromatic carbocycles. The number of rotatable bonds is 3. The summed E-state index contributed by atoms with van der Waals surface area (Å²) in [6.45, 7) is 5.60.